The van der Waals surface area contributed by atoms with E-state index in [0.717, 1.165) is 24.1 Å². The number of esters is 1. The molecule has 1 aromatic carbocycles. The van der Waals surface area contributed by atoms with Crippen molar-refractivity contribution in [2.45, 2.75) is 116 Å². The lowest BCUT2D eigenvalue weighted by Gasteiger charge is -2.06. The second-order valence-electron chi connectivity index (χ2n) is 8.44. The van der Waals surface area contributed by atoms with E-state index in [1.165, 1.54) is 89.9 Å². The minimum Gasteiger partial charge on any atom is -0.465 e. The standard InChI is InChI=1S/C26H45NO2/c1-2-3-4-5-6-7-8-9-10-11-12-13-14-15-16-17-22-29-26(28)23-24-18-20-25(27)21-19-24/h18-21H,2-17,22-23,27H2,1H3. The molecule has 0 radical (unpaired) electrons. The van der Waals surface area contributed by atoms with Gasteiger partial charge in [0.05, 0.1) is 13.0 Å². The molecule has 29 heavy (non-hydrogen) atoms. The Hall–Kier alpha value is -1.51. The third-order valence-corrected chi connectivity index (χ3v) is 5.59. The van der Waals surface area contributed by atoms with E-state index in [0.29, 0.717) is 13.0 Å². The fourth-order valence-electron chi connectivity index (χ4n) is 3.69. The van der Waals surface area contributed by atoms with Crippen LogP contribution in [-0.2, 0) is 16.0 Å². The topological polar surface area (TPSA) is 52.3 Å². The maximum Gasteiger partial charge on any atom is 0.310 e. The summed E-state index contributed by atoms with van der Waals surface area (Å²) in [5.41, 5.74) is 7.32. The summed E-state index contributed by atoms with van der Waals surface area (Å²) in [7, 11) is 0. The van der Waals surface area contributed by atoms with Gasteiger partial charge in [0.1, 0.15) is 0 Å². The van der Waals surface area contributed by atoms with Crippen LogP contribution in [0.15, 0.2) is 24.3 Å². The summed E-state index contributed by atoms with van der Waals surface area (Å²) >= 11 is 0. The van der Waals surface area contributed by atoms with Crippen LogP contribution in [0.25, 0.3) is 0 Å². The predicted molar refractivity (Wildman–Crippen MR) is 125 cm³/mol. The number of ether oxygens (including phenoxy) is 1. The van der Waals surface area contributed by atoms with E-state index in [4.69, 9.17) is 10.5 Å². The van der Waals surface area contributed by atoms with Crippen molar-refractivity contribution in [3.63, 3.8) is 0 Å². The highest BCUT2D eigenvalue weighted by Gasteiger charge is 2.04. The summed E-state index contributed by atoms with van der Waals surface area (Å²) in [6, 6.07) is 7.40. The van der Waals surface area contributed by atoms with Crippen molar-refractivity contribution in [1.82, 2.24) is 0 Å². The van der Waals surface area contributed by atoms with Gasteiger partial charge in [-0.05, 0) is 24.1 Å². The molecule has 0 aliphatic rings. The maximum absolute atomic E-state index is 11.8. The molecular weight excluding hydrogens is 358 g/mol. The molecule has 1 rings (SSSR count). The molecule has 0 bridgehead atoms. The molecule has 0 unspecified atom stereocenters. The molecule has 0 amide bonds. The molecule has 0 spiro atoms. The van der Waals surface area contributed by atoms with E-state index in [1.54, 1.807) is 0 Å². The summed E-state index contributed by atoms with van der Waals surface area (Å²) in [6.07, 6.45) is 22.0. The zero-order valence-corrected chi connectivity index (χ0v) is 18.9. The van der Waals surface area contributed by atoms with Gasteiger partial charge in [-0.2, -0.15) is 0 Å². The molecule has 2 N–H and O–H groups in total. The summed E-state index contributed by atoms with van der Waals surface area (Å²) in [5, 5.41) is 0. The molecule has 0 aliphatic carbocycles. The van der Waals surface area contributed by atoms with Gasteiger partial charge in [0.25, 0.3) is 0 Å². The largest absolute Gasteiger partial charge is 0.465 e. The number of anilines is 1. The van der Waals surface area contributed by atoms with E-state index < -0.39 is 0 Å². The van der Waals surface area contributed by atoms with E-state index in [-0.39, 0.29) is 5.97 Å². The fraction of sp³-hybridized carbons (Fsp3) is 0.731. The van der Waals surface area contributed by atoms with E-state index in [1.807, 2.05) is 24.3 Å². The molecule has 3 heteroatoms. The van der Waals surface area contributed by atoms with Crippen LogP contribution in [0.5, 0.6) is 0 Å². The minimum atomic E-state index is -0.143. The van der Waals surface area contributed by atoms with Crippen molar-refractivity contribution in [1.29, 1.82) is 0 Å². The first-order valence-corrected chi connectivity index (χ1v) is 12.2. The first-order valence-electron chi connectivity index (χ1n) is 12.2. The zero-order chi connectivity index (χ0) is 21.0. The SMILES string of the molecule is CCCCCCCCCCCCCCCCCCOC(=O)Cc1ccc(N)cc1. The lowest BCUT2D eigenvalue weighted by Crippen LogP contribution is -2.09. The molecule has 0 fully saturated rings. The van der Waals surface area contributed by atoms with E-state index in [9.17, 15) is 4.79 Å². The average molecular weight is 404 g/mol. The average Bonchev–Trinajstić information content (AvgIpc) is 2.72. The van der Waals surface area contributed by atoms with Crippen LogP contribution in [0.4, 0.5) is 5.69 Å². The quantitative estimate of drug-likeness (QED) is 0.147. The second kappa shape index (κ2) is 18.5. The number of hydrogen-bond donors (Lipinski definition) is 1. The molecule has 0 aliphatic heterocycles. The second-order valence-corrected chi connectivity index (χ2v) is 8.44. The van der Waals surface area contributed by atoms with Gasteiger partial charge in [-0.3, -0.25) is 4.79 Å². The van der Waals surface area contributed by atoms with Crippen LogP contribution < -0.4 is 5.73 Å². The monoisotopic (exact) mass is 403 g/mol. The number of nitrogen functional groups attached to an aromatic ring is 1. The Morgan fingerprint density at radius 2 is 1.10 bits per heavy atom. The van der Waals surface area contributed by atoms with Crippen LogP contribution in [-0.4, -0.2) is 12.6 Å². The predicted octanol–water partition coefficient (Wildman–Crippen LogP) is 7.62. The molecule has 0 saturated carbocycles. The molecular formula is C26H45NO2. The zero-order valence-electron chi connectivity index (χ0n) is 18.9. The van der Waals surface area contributed by atoms with E-state index in [2.05, 4.69) is 6.92 Å². The van der Waals surface area contributed by atoms with Crippen molar-refractivity contribution in [2.24, 2.45) is 0 Å². The van der Waals surface area contributed by atoms with Crippen molar-refractivity contribution in [2.75, 3.05) is 12.3 Å². The number of benzene rings is 1. The van der Waals surface area contributed by atoms with Gasteiger partial charge in [-0.15, -0.1) is 0 Å². The Kier molecular flexibility index (Phi) is 16.3. The van der Waals surface area contributed by atoms with Gasteiger partial charge in [0.2, 0.25) is 0 Å². The van der Waals surface area contributed by atoms with Crippen LogP contribution >= 0.6 is 0 Å². The van der Waals surface area contributed by atoms with Crippen molar-refractivity contribution in [3.05, 3.63) is 29.8 Å². The van der Waals surface area contributed by atoms with Gasteiger partial charge in [-0.1, -0.05) is 115 Å². The minimum absolute atomic E-state index is 0.143. The smallest absolute Gasteiger partial charge is 0.310 e. The van der Waals surface area contributed by atoms with Crippen molar-refractivity contribution in [3.8, 4) is 0 Å². The number of carbonyl (C=O) groups is 1. The third kappa shape index (κ3) is 16.0. The normalized spacial score (nSPS) is 10.9. The Morgan fingerprint density at radius 3 is 1.55 bits per heavy atom. The van der Waals surface area contributed by atoms with Gasteiger partial charge in [-0.25, -0.2) is 0 Å². The summed E-state index contributed by atoms with van der Waals surface area (Å²) in [6.45, 7) is 2.83. The number of carbonyl (C=O) groups excluding carboxylic acids is 1. The lowest BCUT2D eigenvalue weighted by atomic mass is 10.0. The van der Waals surface area contributed by atoms with Crippen LogP contribution in [0.1, 0.15) is 115 Å². The molecule has 0 saturated heterocycles. The third-order valence-electron chi connectivity index (χ3n) is 5.59. The van der Waals surface area contributed by atoms with Gasteiger partial charge in [0, 0.05) is 5.69 Å². The molecule has 166 valence electrons. The van der Waals surface area contributed by atoms with Crippen molar-refractivity contribution >= 4 is 11.7 Å². The fourth-order valence-corrected chi connectivity index (χ4v) is 3.69. The maximum atomic E-state index is 11.8. The lowest BCUT2D eigenvalue weighted by molar-refractivity contribution is -0.142. The Balaban J connectivity index is 1.77. The molecule has 0 heterocycles. The van der Waals surface area contributed by atoms with Gasteiger partial charge in [0.15, 0.2) is 0 Å². The summed E-state index contributed by atoms with van der Waals surface area (Å²) in [4.78, 5) is 11.8. The van der Waals surface area contributed by atoms with Crippen LogP contribution in [0, 0.1) is 0 Å². The Morgan fingerprint density at radius 1 is 0.690 bits per heavy atom. The highest BCUT2D eigenvalue weighted by atomic mass is 16.5. The Bertz CT molecular complexity index is 498. The summed E-state index contributed by atoms with van der Waals surface area (Å²) in [5.74, 6) is -0.143. The highest BCUT2D eigenvalue weighted by Crippen LogP contribution is 2.14. The highest BCUT2D eigenvalue weighted by molar-refractivity contribution is 5.72. The molecule has 0 aromatic heterocycles. The number of nitrogens with two attached hydrogens (primary N) is 1. The number of unbranched alkanes of at least 4 members (excludes halogenated alkanes) is 15. The summed E-state index contributed by atoms with van der Waals surface area (Å²) < 4.78 is 5.33. The Labute approximate surface area is 179 Å². The van der Waals surface area contributed by atoms with E-state index >= 15 is 0 Å². The number of hydrogen-bond acceptors (Lipinski definition) is 3. The first-order chi connectivity index (χ1) is 14.2. The number of rotatable bonds is 19. The van der Waals surface area contributed by atoms with Crippen LogP contribution in [0.2, 0.25) is 0 Å². The van der Waals surface area contributed by atoms with Crippen molar-refractivity contribution < 1.29 is 9.53 Å². The molecule has 0 atom stereocenters. The van der Waals surface area contributed by atoms with Crippen LogP contribution in [0.3, 0.4) is 0 Å². The van der Waals surface area contributed by atoms with Gasteiger partial charge < -0.3 is 10.5 Å². The molecule has 1 aromatic rings. The van der Waals surface area contributed by atoms with Gasteiger partial charge >= 0.3 is 5.97 Å². The molecule has 3 nitrogen and oxygen atoms in total. The first kappa shape index (κ1) is 25.5.